The topological polar surface area (TPSA) is 12.4 Å². The van der Waals surface area contributed by atoms with E-state index < -0.39 is 0 Å². The van der Waals surface area contributed by atoms with E-state index in [0.717, 1.165) is 11.3 Å². The van der Waals surface area contributed by atoms with Gasteiger partial charge < -0.3 is 0 Å². The van der Waals surface area contributed by atoms with E-state index in [9.17, 15) is 0 Å². The van der Waals surface area contributed by atoms with Gasteiger partial charge in [0.15, 0.2) is 0 Å². The average Bonchev–Trinajstić information content (AvgIpc) is 2.21. The lowest BCUT2D eigenvalue weighted by molar-refractivity contribution is 1.43. The highest BCUT2D eigenvalue weighted by molar-refractivity contribution is 6.08. The molecule has 0 spiro atoms. The van der Waals surface area contributed by atoms with Crippen LogP contribution < -0.4 is 0 Å². The van der Waals surface area contributed by atoms with Crippen molar-refractivity contribution in [2.45, 2.75) is 0 Å². The molecule has 0 fully saturated rings. The van der Waals surface area contributed by atoms with Gasteiger partial charge in [0.25, 0.3) is 0 Å². The smallest absolute Gasteiger partial charge is 0.0649 e. The molecule has 13 heavy (non-hydrogen) atoms. The van der Waals surface area contributed by atoms with E-state index in [0.29, 0.717) is 0 Å². The van der Waals surface area contributed by atoms with Crippen molar-refractivity contribution in [3.63, 3.8) is 0 Å². The fourth-order valence-corrected chi connectivity index (χ4v) is 1.04. The molecule has 0 bridgehead atoms. The van der Waals surface area contributed by atoms with Crippen molar-refractivity contribution >= 4 is 5.71 Å². The van der Waals surface area contributed by atoms with Gasteiger partial charge in [-0.2, -0.15) is 0 Å². The van der Waals surface area contributed by atoms with E-state index in [1.165, 1.54) is 0 Å². The second-order valence-electron chi connectivity index (χ2n) is 2.47. The first kappa shape index (κ1) is 9.28. The molecule has 1 rings (SSSR count). The summed E-state index contributed by atoms with van der Waals surface area (Å²) in [6, 6.07) is 9.93. The van der Waals surface area contributed by atoms with E-state index in [1.54, 1.807) is 13.1 Å². The third kappa shape index (κ3) is 2.61. The number of terminal acetylenes is 1. The summed E-state index contributed by atoms with van der Waals surface area (Å²) in [5.41, 5.74) is 1.98. The normalized spacial score (nSPS) is 11.5. The fourth-order valence-electron chi connectivity index (χ4n) is 1.04. The third-order valence-electron chi connectivity index (χ3n) is 1.65. The molecule has 0 aliphatic rings. The van der Waals surface area contributed by atoms with Crippen LogP contribution in [0.4, 0.5) is 0 Å². The molecule has 0 aliphatic heterocycles. The van der Waals surface area contributed by atoms with Crippen molar-refractivity contribution in [1.82, 2.24) is 0 Å². The van der Waals surface area contributed by atoms with E-state index in [2.05, 4.69) is 10.9 Å². The lowest BCUT2D eigenvalue weighted by atomic mass is 10.1. The van der Waals surface area contributed by atoms with Gasteiger partial charge in [0.05, 0.1) is 5.71 Å². The van der Waals surface area contributed by atoms with Crippen LogP contribution in [0.5, 0.6) is 0 Å². The summed E-state index contributed by atoms with van der Waals surface area (Å²) in [5, 5.41) is 0. The lowest BCUT2D eigenvalue weighted by Gasteiger charge is -1.98. The maximum absolute atomic E-state index is 5.12. The van der Waals surface area contributed by atoms with E-state index >= 15 is 0 Å². The molecule has 0 N–H and O–H groups in total. The van der Waals surface area contributed by atoms with Crippen LogP contribution in [0.3, 0.4) is 0 Å². The Labute approximate surface area is 78.8 Å². The van der Waals surface area contributed by atoms with E-state index in [4.69, 9.17) is 6.42 Å². The third-order valence-corrected chi connectivity index (χ3v) is 1.65. The molecule has 1 heteroatoms. The minimum atomic E-state index is 0.901. The van der Waals surface area contributed by atoms with Crippen molar-refractivity contribution in [2.75, 3.05) is 7.05 Å². The van der Waals surface area contributed by atoms with Crippen LogP contribution in [0, 0.1) is 12.3 Å². The van der Waals surface area contributed by atoms with Gasteiger partial charge in [-0.15, -0.1) is 6.42 Å². The highest BCUT2D eigenvalue weighted by atomic mass is 14.7. The molecule has 1 aromatic carbocycles. The van der Waals surface area contributed by atoms with Crippen LogP contribution >= 0.6 is 0 Å². The average molecular weight is 169 g/mol. The summed E-state index contributed by atoms with van der Waals surface area (Å²) >= 11 is 0. The summed E-state index contributed by atoms with van der Waals surface area (Å²) in [7, 11) is 1.75. The highest BCUT2D eigenvalue weighted by Crippen LogP contribution is 2.01. The maximum atomic E-state index is 5.12. The van der Waals surface area contributed by atoms with Gasteiger partial charge >= 0.3 is 0 Å². The number of hydrogen-bond donors (Lipinski definition) is 0. The zero-order chi connectivity index (χ0) is 9.52. The fraction of sp³-hybridized carbons (Fsp3) is 0.0833. The Kier molecular flexibility index (Phi) is 3.53. The second-order valence-corrected chi connectivity index (χ2v) is 2.47. The number of hydrogen-bond acceptors (Lipinski definition) is 1. The van der Waals surface area contributed by atoms with Crippen LogP contribution in [0.2, 0.25) is 0 Å². The summed E-state index contributed by atoms with van der Waals surface area (Å²) in [6.45, 7) is 0. The Morgan fingerprint density at radius 2 is 2.08 bits per heavy atom. The second kappa shape index (κ2) is 4.95. The molecule has 1 aromatic rings. The SMILES string of the molecule is C#C/C=C\C(=NC)c1ccccc1. The summed E-state index contributed by atoms with van der Waals surface area (Å²) in [4.78, 5) is 4.13. The largest absolute Gasteiger partial charge is 0.288 e. The molecule has 0 aliphatic carbocycles. The van der Waals surface area contributed by atoms with Crippen LogP contribution in [0.1, 0.15) is 5.56 Å². The number of rotatable bonds is 2. The minimum Gasteiger partial charge on any atom is -0.288 e. The maximum Gasteiger partial charge on any atom is 0.0649 e. The van der Waals surface area contributed by atoms with Crippen molar-refractivity contribution in [3.05, 3.63) is 48.0 Å². The number of nitrogens with zero attached hydrogens (tertiary/aromatic N) is 1. The zero-order valence-corrected chi connectivity index (χ0v) is 7.57. The molecule has 0 atom stereocenters. The minimum absolute atomic E-state index is 0.901. The first-order chi connectivity index (χ1) is 6.38. The molecule has 1 nitrogen and oxygen atoms in total. The summed E-state index contributed by atoms with van der Waals surface area (Å²) in [6.07, 6.45) is 8.59. The van der Waals surface area contributed by atoms with Crippen LogP contribution in [-0.2, 0) is 0 Å². The van der Waals surface area contributed by atoms with Crippen LogP contribution in [0.25, 0.3) is 0 Å². The van der Waals surface area contributed by atoms with Crippen molar-refractivity contribution < 1.29 is 0 Å². The van der Waals surface area contributed by atoms with Gasteiger partial charge in [-0.05, 0) is 17.7 Å². The summed E-state index contributed by atoms with van der Waals surface area (Å²) in [5.74, 6) is 2.44. The zero-order valence-electron chi connectivity index (χ0n) is 7.57. The van der Waals surface area contributed by atoms with Crippen molar-refractivity contribution in [3.8, 4) is 12.3 Å². The Bertz CT molecular complexity index is 352. The predicted octanol–water partition coefficient (Wildman–Crippen LogP) is 2.29. The molecule has 0 saturated carbocycles. The number of aliphatic imine (C=N–C) groups is 1. The molecular weight excluding hydrogens is 158 g/mol. The Morgan fingerprint density at radius 3 is 2.62 bits per heavy atom. The molecule has 0 aromatic heterocycles. The lowest BCUT2D eigenvalue weighted by Crippen LogP contribution is -1.95. The van der Waals surface area contributed by atoms with Crippen molar-refractivity contribution in [1.29, 1.82) is 0 Å². The molecular formula is C12H11N. The van der Waals surface area contributed by atoms with Gasteiger partial charge in [0, 0.05) is 7.05 Å². The first-order valence-electron chi connectivity index (χ1n) is 4.03. The Hall–Kier alpha value is -1.81. The van der Waals surface area contributed by atoms with E-state index in [-0.39, 0.29) is 0 Å². The van der Waals surface area contributed by atoms with Gasteiger partial charge in [-0.25, -0.2) is 0 Å². The quantitative estimate of drug-likeness (QED) is 0.476. The predicted molar refractivity (Wildman–Crippen MR) is 56.9 cm³/mol. The van der Waals surface area contributed by atoms with Crippen LogP contribution in [-0.4, -0.2) is 12.8 Å². The van der Waals surface area contributed by atoms with Crippen molar-refractivity contribution in [2.24, 2.45) is 4.99 Å². The molecule has 0 heterocycles. The van der Waals surface area contributed by atoms with Gasteiger partial charge in [0.2, 0.25) is 0 Å². The van der Waals surface area contributed by atoms with Gasteiger partial charge in [0.1, 0.15) is 0 Å². The molecule has 0 unspecified atom stereocenters. The van der Waals surface area contributed by atoms with Crippen LogP contribution in [0.15, 0.2) is 47.5 Å². The molecule has 0 saturated heterocycles. The Morgan fingerprint density at radius 1 is 1.38 bits per heavy atom. The monoisotopic (exact) mass is 169 g/mol. The van der Waals surface area contributed by atoms with E-state index in [1.807, 2.05) is 36.4 Å². The standard InChI is InChI=1S/C12H11N/c1-3-4-10-12(13-2)11-8-6-5-7-9-11/h1,4-10H,2H3/b10-4-,13-12?. The molecule has 64 valence electrons. The Balaban J connectivity index is 2.95. The van der Waals surface area contributed by atoms with Gasteiger partial charge in [-0.1, -0.05) is 36.3 Å². The molecule has 0 radical (unpaired) electrons. The van der Waals surface area contributed by atoms with Gasteiger partial charge in [-0.3, -0.25) is 4.99 Å². The molecule has 0 amide bonds. The number of allylic oxidation sites excluding steroid dienone is 2. The highest BCUT2D eigenvalue weighted by Gasteiger charge is 1.94. The summed E-state index contributed by atoms with van der Waals surface area (Å²) < 4.78 is 0. The first-order valence-corrected chi connectivity index (χ1v) is 4.03. The number of benzene rings is 1.